The second kappa shape index (κ2) is 6.78. The van der Waals surface area contributed by atoms with E-state index < -0.39 is 11.9 Å². The summed E-state index contributed by atoms with van der Waals surface area (Å²) in [5.41, 5.74) is 0.480. The Balaban J connectivity index is 2.55. The molecule has 0 radical (unpaired) electrons. The minimum atomic E-state index is -0.930. The number of carboxylic acid groups (broad SMARTS) is 1. The van der Waals surface area contributed by atoms with E-state index in [1.165, 1.54) is 0 Å². The van der Waals surface area contributed by atoms with Gasteiger partial charge in [-0.1, -0.05) is 6.92 Å². The summed E-state index contributed by atoms with van der Waals surface area (Å²) in [6.07, 6.45) is 0.0797. The number of carbonyl (C=O) groups excluding carboxylic acids is 1. The highest BCUT2D eigenvalue weighted by molar-refractivity contribution is 5.94. The largest absolute Gasteiger partial charge is 0.491 e. The quantitative estimate of drug-likeness (QED) is 0.824. The summed E-state index contributed by atoms with van der Waals surface area (Å²) in [5, 5.41) is 11.3. The van der Waals surface area contributed by atoms with Crippen LogP contribution in [0.3, 0.4) is 0 Å². The van der Waals surface area contributed by atoms with Crippen LogP contribution in [0.5, 0.6) is 5.75 Å². The molecule has 0 aliphatic carbocycles. The van der Waals surface area contributed by atoms with Gasteiger partial charge in [-0.05, 0) is 38.1 Å². The van der Waals surface area contributed by atoms with Crippen LogP contribution in [0.15, 0.2) is 24.3 Å². The molecule has 1 amide bonds. The van der Waals surface area contributed by atoms with Gasteiger partial charge in [-0.2, -0.15) is 0 Å². The van der Waals surface area contributed by atoms with Crippen molar-refractivity contribution in [3.05, 3.63) is 29.8 Å². The zero-order valence-electron chi connectivity index (χ0n) is 11.3. The molecular formula is C14H19NO4. The number of carbonyl (C=O) groups is 2. The predicted molar refractivity (Wildman–Crippen MR) is 71.3 cm³/mol. The Morgan fingerprint density at radius 2 is 1.79 bits per heavy atom. The molecule has 1 rings (SSSR count). The first kappa shape index (κ1) is 15.0. The summed E-state index contributed by atoms with van der Waals surface area (Å²) in [6, 6.07) is 6.74. The van der Waals surface area contributed by atoms with Crippen molar-refractivity contribution in [2.24, 2.45) is 5.92 Å². The Kier molecular flexibility index (Phi) is 5.36. The molecule has 1 aromatic rings. The Labute approximate surface area is 112 Å². The minimum Gasteiger partial charge on any atom is -0.491 e. The number of amides is 1. The Morgan fingerprint density at radius 3 is 2.26 bits per heavy atom. The van der Waals surface area contributed by atoms with Gasteiger partial charge in [0.05, 0.1) is 12.0 Å². The molecule has 0 heterocycles. The van der Waals surface area contributed by atoms with Gasteiger partial charge < -0.3 is 15.2 Å². The number of carboxylic acids is 1. The lowest BCUT2D eigenvalue weighted by atomic mass is 10.1. The van der Waals surface area contributed by atoms with Gasteiger partial charge in [-0.25, -0.2) is 0 Å². The van der Waals surface area contributed by atoms with E-state index in [1.807, 2.05) is 13.8 Å². The molecule has 5 nitrogen and oxygen atoms in total. The summed E-state index contributed by atoms with van der Waals surface area (Å²) in [7, 11) is 0. The predicted octanol–water partition coefficient (Wildman–Crippen LogP) is 1.92. The van der Waals surface area contributed by atoms with Gasteiger partial charge >= 0.3 is 5.97 Å². The maximum absolute atomic E-state index is 11.8. The molecule has 0 saturated heterocycles. The van der Waals surface area contributed by atoms with Crippen molar-refractivity contribution in [2.45, 2.75) is 26.9 Å². The average molecular weight is 265 g/mol. The van der Waals surface area contributed by atoms with Crippen molar-refractivity contribution >= 4 is 11.9 Å². The molecule has 1 atom stereocenters. The number of ether oxygens (including phenoxy) is 1. The van der Waals surface area contributed by atoms with Gasteiger partial charge in [0.15, 0.2) is 0 Å². The van der Waals surface area contributed by atoms with Crippen LogP contribution in [-0.2, 0) is 4.79 Å². The van der Waals surface area contributed by atoms with Crippen molar-refractivity contribution in [1.29, 1.82) is 0 Å². The molecule has 0 bridgehead atoms. The number of hydrogen-bond donors (Lipinski definition) is 2. The molecule has 0 aliphatic rings. The number of nitrogens with one attached hydrogen (secondary N) is 1. The number of rotatable bonds is 6. The maximum atomic E-state index is 11.8. The normalized spacial score (nSPS) is 12.0. The van der Waals surface area contributed by atoms with Gasteiger partial charge in [0.25, 0.3) is 5.91 Å². The van der Waals surface area contributed by atoms with E-state index in [4.69, 9.17) is 9.84 Å². The van der Waals surface area contributed by atoms with Crippen LogP contribution >= 0.6 is 0 Å². The summed E-state index contributed by atoms with van der Waals surface area (Å²) in [4.78, 5) is 22.4. The lowest BCUT2D eigenvalue weighted by molar-refractivity contribution is -0.140. The van der Waals surface area contributed by atoms with Crippen LogP contribution < -0.4 is 10.1 Å². The third-order valence-electron chi connectivity index (χ3n) is 2.48. The van der Waals surface area contributed by atoms with Gasteiger partial charge in [-0.3, -0.25) is 9.59 Å². The zero-order valence-corrected chi connectivity index (χ0v) is 11.3. The highest BCUT2D eigenvalue weighted by atomic mass is 16.5. The molecule has 104 valence electrons. The fourth-order valence-electron chi connectivity index (χ4n) is 1.39. The van der Waals surface area contributed by atoms with Crippen LogP contribution in [0.4, 0.5) is 0 Å². The van der Waals surface area contributed by atoms with Crippen molar-refractivity contribution < 1.29 is 19.4 Å². The molecule has 0 saturated carbocycles. The molecule has 1 aromatic carbocycles. The van der Waals surface area contributed by atoms with Crippen LogP contribution in [-0.4, -0.2) is 29.6 Å². The van der Waals surface area contributed by atoms with E-state index in [2.05, 4.69) is 5.32 Å². The third kappa shape index (κ3) is 4.99. The van der Waals surface area contributed by atoms with Crippen LogP contribution in [0.25, 0.3) is 0 Å². The molecule has 0 fully saturated rings. The maximum Gasteiger partial charge on any atom is 0.308 e. The fraction of sp³-hybridized carbons (Fsp3) is 0.429. The zero-order chi connectivity index (χ0) is 14.4. The second-order valence-electron chi connectivity index (χ2n) is 4.64. The fourth-order valence-corrected chi connectivity index (χ4v) is 1.39. The first-order valence-corrected chi connectivity index (χ1v) is 6.18. The second-order valence-corrected chi connectivity index (χ2v) is 4.64. The summed E-state index contributed by atoms with van der Waals surface area (Å²) < 4.78 is 5.47. The molecule has 0 aromatic heterocycles. The molecular weight excluding hydrogens is 246 g/mol. The smallest absolute Gasteiger partial charge is 0.308 e. The SMILES string of the molecule is CC(C)Oc1ccc(C(=O)NCC(C)C(=O)O)cc1. The van der Waals surface area contributed by atoms with Crippen LogP contribution in [0, 0.1) is 5.92 Å². The summed E-state index contributed by atoms with van der Waals surface area (Å²) >= 11 is 0. The standard InChI is InChI=1S/C14H19NO4/c1-9(2)19-12-6-4-11(5-7-12)13(16)15-8-10(3)14(17)18/h4-7,9-10H,8H2,1-3H3,(H,15,16)(H,17,18). The minimum absolute atomic E-state index is 0.0797. The van der Waals surface area contributed by atoms with Crippen molar-refractivity contribution in [3.8, 4) is 5.75 Å². The first-order chi connectivity index (χ1) is 8.90. The van der Waals surface area contributed by atoms with Gasteiger partial charge in [0, 0.05) is 12.1 Å². The summed E-state index contributed by atoms with van der Waals surface area (Å²) in [5.74, 6) is -1.12. The Hall–Kier alpha value is -2.04. The third-order valence-corrected chi connectivity index (χ3v) is 2.48. The van der Waals surface area contributed by atoms with E-state index in [9.17, 15) is 9.59 Å². The van der Waals surface area contributed by atoms with Gasteiger partial charge in [0.2, 0.25) is 0 Å². The van der Waals surface area contributed by atoms with Crippen molar-refractivity contribution in [2.75, 3.05) is 6.54 Å². The molecule has 2 N–H and O–H groups in total. The van der Waals surface area contributed by atoms with Gasteiger partial charge in [0.1, 0.15) is 5.75 Å². The van der Waals surface area contributed by atoms with E-state index in [-0.39, 0.29) is 18.6 Å². The lowest BCUT2D eigenvalue weighted by Gasteiger charge is -2.11. The van der Waals surface area contributed by atoms with E-state index in [0.717, 1.165) is 0 Å². The highest BCUT2D eigenvalue weighted by Crippen LogP contribution is 2.13. The van der Waals surface area contributed by atoms with E-state index in [0.29, 0.717) is 11.3 Å². The van der Waals surface area contributed by atoms with Crippen molar-refractivity contribution in [3.63, 3.8) is 0 Å². The first-order valence-electron chi connectivity index (χ1n) is 6.18. The monoisotopic (exact) mass is 265 g/mol. The Bertz CT molecular complexity index is 439. The van der Waals surface area contributed by atoms with Crippen LogP contribution in [0.2, 0.25) is 0 Å². The average Bonchev–Trinajstić information content (AvgIpc) is 2.35. The molecule has 0 spiro atoms. The topological polar surface area (TPSA) is 75.6 Å². The van der Waals surface area contributed by atoms with Crippen LogP contribution in [0.1, 0.15) is 31.1 Å². The molecule has 1 unspecified atom stereocenters. The van der Waals surface area contributed by atoms with Gasteiger partial charge in [-0.15, -0.1) is 0 Å². The van der Waals surface area contributed by atoms with E-state index >= 15 is 0 Å². The number of hydrogen-bond acceptors (Lipinski definition) is 3. The molecule has 19 heavy (non-hydrogen) atoms. The summed E-state index contributed by atoms with van der Waals surface area (Å²) in [6.45, 7) is 5.50. The Morgan fingerprint density at radius 1 is 1.21 bits per heavy atom. The number of aliphatic carboxylic acids is 1. The number of benzene rings is 1. The molecule has 0 aliphatic heterocycles. The van der Waals surface area contributed by atoms with E-state index in [1.54, 1.807) is 31.2 Å². The highest BCUT2D eigenvalue weighted by Gasteiger charge is 2.13. The lowest BCUT2D eigenvalue weighted by Crippen LogP contribution is -2.31. The molecule has 5 heteroatoms. The van der Waals surface area contributed by atoms with Crippen molar-refractivity contribution in [1.82, 2.24) is 5.32 Å².